The minimum Gasteiger partial charge on any atom is -0.258 e. The Bertz CT molecular complexity index is 330. The standard InChI is InChI=1S/C10H10FN/c11-8-2-1-5-12-9(8)7-6-10(7)3-4-10/h1-2,5,7H,3-4,6H2/t7-/m1/s1. The molecule has 62 valence electrons. The van der Waals surface area contributed by atoms with E-state index in [-0.39, 0.29) is 5.82 Å². The van der Waals surface area contributed by atoms with Gasteiger partial charge in [-0.2, -0.15) is 0 Å². The van der Waals surface area contributed by atoms with Crippen molar-refractivity contribution in [3.05, 3.63) is 29.8 Å². The molecular weight excluding hydrogens is 153 g/mol. The second kappa shape index (κ2) is 1.87. The Balaban J connectivity index is 1.97. The number of halogens is 1. The van der Waals surface area contributed by atoms with Crippen LogP contribution in [0.3, 0.4) is 0 Å². The lowest BCUT2D eigenvalue weighted by molar-refractivity contribution is 0.593. The van der Waals surface area contributed by atoms with Gasteiger partial charge in [0, 0.05) is 12.1 Å². The summed E-state index contributed by atoms with van der Waals surface area (Å²) in [7, 11) is 0. The van der Waals surface area contributed by atoms with Crippen LogP contribution in [-0.2, 0) is 0 Å². The second-order valence-corrected chi connectivity index (χ2v) is 3.99. The quantitative estimate of drug-likeness (QED) is 0.619. The van der Waals surface area contributed by atoms with Gasteiger partial charge in [0.15, 0.2) is 0 Å². The summed E-state index contributed by atoms with van der Waals surface area (Å²) >= 11 is 0. The fraction of sp³-hybridized carbons (Fsp3) is 0.500. The van der Waals surface area contributed by atoms with Crippen LogP contribution >= 0.6 is 0 Å². The summed E-state index contributed by atoms with van der Waals surface area (Å²) < 4.78 is 13.2. The van der Waals surface area contributed by atoms with Gasteiger partial charge in [0.2, 0.25) is 0 Å². The largest absolute Gasteiger partial charge is 0.258 e. The molecule has 0 unspecified atom stereocenters. The van der Waals surface area contributed by atoms with Crippen LogP contribution < -0.4 is 0 Å². The van der Waals surface area contributed by atoms with E-state index in [1.807, 2.05) is 0 Å². The Morgan fingerprint density at radius 3 is 2.92 bits per heavy atom. The van der Waals surface area contributed by atoms with Crippen LogP contribution in [-0.4, -0.2) is 4.98 Å². The maximum Gasteiger partial charge on any atom is 0.144 e. The lowest BCUT2D eigenvalue weighted by Gasteiger charge is -1.98. The van der Waals surface area contributed by atoms with Gasteiger partial charge < -0.3 is 0 Å². The second-order valence-electron chi connectivity index (χ2n) is 3.99. The van der Waals surface area contributed by atoms with Crippen molar-refractivity contribution >= 4 is 0 Å². The van der Waals surface area contributed by atoms with E-state index in [1.54, 1.807) is 12.3 Å². The molecule has 0 radical (unpaired) electrons. The number of pyridine rings is 1. The third-order valence-corrected chi connectivity index (χ3v) is 3.20. The topological polar surface area (TPSA) is 12.9 Å². The van der Waals surface area contributed by atoms with Crippen molar-refractivity contribution in [3.63, 3.8) is 0 Å². The first-order valence-electron chi connectivity index (χ1n) is 4.42. The molecule has 2 saturated carbocycles. The molecule has 0 saturated heterocycles. The van der Waals surface area contributed by atoms with E-state index < -0.39 is 0 Å². The van der Waals surface area contributed by atoms with E-state index in [2.05, 4.69) is 4.98 Å². The average molecular weight is 163 g/mol. The molecule has 3 rings (SSSR count). The van der Waals surface area contributed by atoms with Crippen molar-refractivity contribution in [2.24, 2.45) is 5.41 Å². The molecule has 0 amide bonds. The molecule has 2 aliphatic rings. The maximum absolute atomic E-state index is 13.2. The van der Waals surface area contributed by atoms with E-state index >= 15 is 0 Å². The summed E-state index contributed by atoms with van der Waals surface area (Å²) in [6, 6.07) is 3.16. The number of aromatic nitrogens is 1. The molecule has 0 N–H and O–H groups in total. The summed E-state index contributed by atoms with van der Waals surface area (Å²) in [6.45, 7) is 0. The molecule has 1 aromatic rings. The number of hydrogen-bond donors (Lipinski definition) is 0. The van der Waals surface area contributed by atoms with Crippen molar-refractivity contribution in [2.75, 3.05) is 0 Å². The highest BCUT2D eigenvalue weighted by Gasteiger charge is 2.64. The molecule has 1 heterocycles. The normalized spacial score (nSPS) is 28.9. The summed E-state index contributed by atoms with van der Waals surface area (Å²) in [5, 5.41) is 0. The highest BCUT2D eigenvalue weighted by Crippen LogP contribution is 2.74. The van der Waals surface area contributed by atoms with Gasteiger partial charge in [-0.1, -0.05) is 0 Å². The van der Waals surface area contributed by atoms with Gasteiger partial charge in [0.25, 0.3) is 0 Å². The first kappa shape index (κ1) is 6.58. The van der Waals surface area contributed by atoms with Gasteiger partial charge >= 0.3 is 0 Å². The summed E-state index contributed by atoms with van der Waals surface area (Å²) in [4.78, 5) is 4.10. The molecule has 0 aliphatic heterocycles. The summed E-state index contributed by atoms with van der Waals surface area (Å²) in [5.41, 5.74) is 1.21. The Labute approximate surface area is 70.6 Å². The Hall–Kier alpha value is -0.920. The van der Waals surface area contributed by atoms with Gasteiger partial charge in [-0.3, -0.25) is 4.98 Å². The van der Waals surface area contributed by atoms with Crippen molar-refractivity contribution in [1.82, 2.24) is 4.98 Å². The Morgan fingerprint density at radius 2 is 2.33 bits per heavy atom. The fourth-order valence-corrected chi connectivity index (χ4v) is 2.10. The number of hydrogen-bond acceptors (Lipinski definition) is 1. The first-order chi connectivity index (χ1) is 5.82. The van der Waals surface area contributed by atoms with E-state index in [4.69, 9.17) is 0 Å². The lowest BCUT2D eigenvalue weighted by Crippen LogP contribution is -1.92. The SMILES string of the molecule is Fc1cccnc1[C@H]1CC12CC2. The molecule has 1 nitrogen and oxygen atoms in total. The predicted molar refractivity (Wildman–Crippen MR) is 43.2 cm³/mol. The predicted octanol–water partition coefficient (Wildman–Crippen LogP) is 2.49. The third kappa shape index (κ3) is 0.752. The van der Waals surface area contributed by atoms with Crippen LogP contribution in [0.1, 0.15) is 30.9 Å². The van der Waals surface area contributed by atoms with Crippen LogP contribution in [0.5, 0.6) is 0 Å². The molecule has 1 atom stereocenters. The molecule has 0 aromatic carbocycles. The van der Waals surface area contributed by atoms with E-state index in [0.29, 0.717) is 17.0 Å². The van der Waals surface area contributed by atoms with Crippen LogP contribution in [0, 0.1) is 11.2 Å². The van der Waals surface area contributed by atoms with Gasteiger partial charge in [-0.05, 0) is 36.8 Å². The molecule has 1 spiro atoms. The zero-order valence-electron chi connectivity index (χ0n) is 6.76. The Kier molecular flexibility index (Phi) is 1.03. The van der Waals surface area contributed by atoms with E-state index in [0.717, 1.165) is 0 Å². The van der Waals surface area contributed by atoms with Crippen molar-refractivity contribution < 1.29 is 4.39 Å². The highest BCUT2D eigenvalue weighted by molar-refractivity contribution is 5.29. The lowest BCUT2D eigenvalue weighted by atomic mass is 10.2. The molecule has 2 fully saturated rings. The zero-order valence-corrected chi connectivity index (χ0v) is 6.76. The van der Waals surface area contributed by atoms with Gasteiger partial charge in [-0.15, -0.1) is 0 Å². The number of rotatable bonds is 1. The fourth-order valence-electron chi connectivity index (χ4n) is 2.10. The van der Waals surface area contributed by atoms with Crippen LogP contribution in [0.15, 0.2) is 18.3 Å². The monoisotopic (exact) mass is 163 g/mol. The first-order valence-corrected chi connectivity index (χ1v) is 4.42. The van der Waals surface area contributed by atoms with E-state index in [9.17, 15) is 4.39 Å². The molecule has 2 heteroatoms. The molecule has 1 aromatic heterocycles. The average Bonchev–Trinajstić information content (AvgIpc) is 2.95. The highest BCUT2D eigenvalue weighted by atomic mass is 19.1. The Morgan fingerprint density at radius 1 is 1.50 bits per heavy atom. The molecule has 12 heavy (non-hydrogen) atoms. The third-order valence-electron chi connectivity index (χ3n) is 3.20. The molecule has 2 aliphatic carbocycles. The van der Waals surface area contributed by atoms with Crippen molar-refractivity contribution in [1.29, 1.82) is 0 Å². The van der Waals surface area contributed by atoms with Crippen LogP contribution in [0.4, 0.5) is 4.39 Å². The van der Waals surface area contributed by atoms with Crippen molar-refractivity contribution in [2.45, 2.75) is 25.2 Å². The van der Waals surface area contributed by atoms with E-state index in [1.165, 1.54) is 25.3 Å². The van der Waals surface area contributed by atoms with Gasteiger partial charge in [-0.25, -0.2) is 4.39 Å². The zero-order chi connectivity index (χ0) is 8.18. The minimum atomic E-state index is -0.119. The minimum absolute atomic E-state index is 0.119. The summed E-state index contributed by atoms with van der Waals surface area (Å²) in [5.74, 6) is 0.324. The van der Waals surface area contributed by atoms with Crippen LogP contribution in [0.25, 0.3) is 0 Å². The number of nitrogens with zero attached hydrogens (tertiary/aromatic N) is 1. The van der Waals surface area contributed by atoms with Crippen LogP contribution in [0.2, 0.25) is 0 Å². The summed E-state index contributed by atoms with van der Waals surface area (Å²) in [6.07, 6.45) is 5.43. The maximum atomic E-state index is 13.2. The van der Waals surface area contributed by atoms with Crippen molar-refractivity contribution in [3.8, 4) is 0 Å². The smallest absolute Gasteiger partial charge is 0.144 e. The van der Waals surface area contributed by atoms with Gasteiger partial charge in [0.1, 0.15) is 5.82 Å². The van der Waals surface area contributed by atoms with Gasteiger partial charge in [0.05, 0.1) is 5.69 Å². The molecule has 0 bridgehead atoms. The molecular formula is C10H10FN.